The molecule has 1 aliphatic heterocycles. The van der Waals surface area contributed by atoms with Crippen molar-refractivity contribution in [2.24, 2.45) is 0 Å². The summed E-state index contributed by atoms with van der Waals surface area (Å²) in [6.45, 7) is -1.05. The summed E-state index contributed by atoms with van der Waals surface area (Å²) in [5.74, 6) is -5.05. The van der Waals surface area contributed by atoms with E-state index in [4.69, 9.17) is 0 Å². The third kappa shape index (κ3) is 3.71. The summed E-state index contributed by atoms with van der Waals surface area (Å²) < 4.78 is 39.6. The van der Waals surface area contributed by atoms with Crippen LogP contribution in [0, 0.1) is 0 Å². The molecule has 1 rings (SSSR count). The molecule has 1 atom stereocenters. The molecule has 0 aliphatic carbocycles. The molecule has 0 aromatic rings. The van der Waals surface area contributed by atoms with Crippen LogP contribution in [0.5, 0.6) is 0 Å². The van der Waals surface area contributed by atoms with Gasteiger partial charge in [0.25, 0.3) is 5.91 Å². The van der Waals surface area contributed by atoms with Gasteiger partial charge < -0.3 is 10.1 Å². The fraction of sp³-hybridized carbons (Fsp3) is 0.500. The lowest BCUT2D eigenvalue weighted by Gasteiger charge is -2.10. The van der Waals surface area contributed by atoms with Gasteiger partial charge in [0, 0.05) is 0 Å². The maximum atomic E-state index is 11.7. The number of carbonyl (C=O) groups is 4. The molecular weight excluding hydrogens is 261 g/mol. The van der Waals surface area contributed by atoms with Crippen molar-refractivity contribution < 1.29 is 37.1 Å². The molecule has 0 bridgehead atoms. The molecule has 1 aliphatic rings. The Hall–Kier alpha value is -2.13. The Morgan fingerprint density at radius 3 is 2.44 bits per heavy atom. The third-order valence-electron chi connectivity index (χ3n) is 1.85. The quantitative estimate of drug-likeness (QED) is 0.485. The summed E-state index contributed by atoms with van der Waals surface area (Å²) >= 11 is 0. The highest BCUT2D eigenvalue weighted by Crippen LogP contribution is 2.13. The van der Waals surface area contributed by atoms with Crippen LogP contribution in [0.1, 0.15) is 6.42 Å². The number of halogens is 3. The van der Waals surface area contributed by atoms with E-state index in [-0.39, 0.29) is 0 Å². The van der Waals surface area contributed by atoms with Crippen molar-refractivity contribution in [2.75, 3.05) is 6.54 Å². The minimum Gasteiger partial charge on any atom is -0.450 e. The van der Waals surface area contributed by atoms with E-state index in [2.05, 4.69) is 4.74 Å². The fourth-order valence-electron chi connectivity index (χ4n) is 1.08. The molecule has 18 heavy (non-hydrogen) atoms. The molecule has 0 spiro atoms. The van der Waals surface area contributed by atoms with Crippen molar-refractivity contribution in [1.29, 1.82) is 0 Å². The Balaban J connectivity index is 2.37. The zero-order valence-corrected chi connectivity index (χ0v) is 8.67. The Morgan fingerprint density at radius 1 is 1.39 bits per heavy atom. The molecule has 7 nitrogen and oxygen atoms in total. The SMILES string of the molecule is O=C1CC(OC(=O)CNC(=O)C(F)(F)F)C(=O)N1. The zero-order chi connectivity index (χ0) is 13.9. The van der Waals surface area contributed by atoms with E-state index in [1.165, 1.54) is 5.32 Å². The molecular formula is C8H7F3N2O5. The van der Waals surface area contributed by atoms with E-state index in [0.717, 1.165) is 0 Å². The zero-order valence-electron chi connectivity index (χ0n) is 8.67. The van der Waals surface area contributed by atoms with Gasteiger partial charge in [-0.15, -0.1) is 0 Å². The van der Waals surface area contributed by atoms with Gasteiger partial charge in [-0.25, -0.2) is 0 Å². The van der Waals surface area contributed by atoms with Crippen LogP contribution in [0.4, 0.5) is 13.2 Å². The van der Waals surface area contributed by atoms with E-state index < -0.39 is 48.9 Å². The van der Waals surface area contributed by atoms with Crippen molar-refractivity contribution in [3.8, 4) is 0 Å². The first-order valence-corrected chi connectivity index (χ1v) is 4.58. The van der Waals surface area contributed by atoms with Crippen LogP contribution in [0.3, 0.4) is 0 Å². The highest BCUT2D eigenvalue weighted by atomic mass is 19.4. The van der Waals surface area contributed by atoms with Crippen LogP contribution in [-0.4, -0.2) is 42.5 Å². The van der Waals surface area contributed by atoms with Crippen molar-refractivity contribution in [3.05, 3.63) is 0 Å². The smallest absolute Gasteiger partial charge is 0.450 e. The number of hydrogen-bond donors (Lipinski definition) is 2. The molecule has 0 radical (unpaired) electrons. The van der Waals surface area contributed by atoms with Crippen molar-refractivity contribution >= 4 is 23.7 Å². The number of ether oxygens (including phenoxy) is 1. The summed E-state index contributed by atoms with van der Waals surface area (Å²) in [6, 6.07) is 0. The Morgan fingerprint density at radius 2 is 2.00 bits per heavy atom. The van der Waals surface area contributed by atoms with Crippen LogP contribution in [-0.2, 0) is 23.9 Å². The summed E-state index contributed by atoms with van der Waals surface area (Å²) in [4.78, 5) is 43.0. The molecule has 0 aromatic heterocycles. The predicted octanol–water partition coefficient (Wildman–Crippen LogP) is -1.38. The number of alkyl halides is 3. The standard InChI is InChI=1S/C8H7F3N2O5/c9-8(10,11)7(17)12-2-5(15)18-3-1-4(14)13-6(3)16/h3H,1-2H2,(H,12,17)(H,13,14,16). The van der Waals surface area contributed by atoms with E-state index in [0.29, 0.717) is 0 Å². The summed E-state index contributed by atoms with van der Waals surface area (Å²) in [5, 5.41) is 3.11. The number of carbonyl (C=O) groups excluding carboxylic acids is 4. The van der Waals surface area contributed by atoms with Gasteiger partial charge in [0.2, 0.25) is 5.91 Å². The molecule has 1 fully saturated rings. The number of esters is 1. The van der Waals surface area contributed by atoms with Crippen LogP contribution in [0.2, 0.25) is 0 Å². The molecule has 1 unspecified atom stereocenters. The number of amides is 3. The van der Waals surface area contributed by atoms with Crippen LogP contribution >= 0.6 is 0 Å². The third-order valence-corrected chi connectivity index (χ3v) is 1.85. The summed E-state index contributed by atoms with van der Waals surface area (Å²) in [5.41, 5.74) is 0. The van der Waals surface area contributed by atoms with Crippen LogP contribution in [0.15, 0.2) is 0 Å². The van der Waals surface area contributed by atoms with Gasteiger partial charge in [0.1, 0.15) is 6.54 Å². The molecule has 2 N–H and O–H groups in total. The second-order valence-electron chi connectivity index (χ2n) is 3.28. The monoisotopic (exact) mass is 268 g/mol. The van der Waals surface area contributed by atoms with Crippen molar-refractivity contribution in [2.45, 2.75) is 18.7 Å². The van der Waals surface area contributed by atoms with Gasteiger partial charge in [0.05, 0.1) is 6.42 Å². The Labute approximate surface area is 97.6 Å². The maximum absolute atomic E-state index is 11.7. The largest absolute Gasteiger partial charge is 0.471 e. The average Bonchev–Trinajstić information content (AvgIpc) is 2.52. The van der Waals surface area contributed by atoms with Gasteiger partial charge in [-0.05, 0) is 0 Å². The lowest BCUT2D eigenvalue weighted by Crippen LogP contribution is -2.41. The Bertz CT molecular complexity index is 406. The first kappa shape index (κ1) is 13.9. The van der Waals surface area contributed by atoms with Crippen molar-refractivity contribution in [1.82, 2.24) is 10.6 Å². The van der Waals surface area contributed by atoms with Gasteiger partial charge in [-0.3, -0.25) is 24.5 Å². The summed E-state index contributed by atoms with van der Waals surface area (Å²) in [6.07, 6.45) is -6.87. The van der Waals surface area contributed by atoms with E-state index >= 15 is 0 Å². The molecule has 10 heteroatoms. The Kier molecular flexibility index (Phi) is 3.89. The van der Waals surface area contributed by atoms with Crippen LogP contribution in [0.25, 0.3) is 0 Å². The molecule has 1 saturated heterocycles. The van der Waals surface area contributed by atoms with Gasteiger partial charge in [-0.1, -0.05) is 0 Å². The van der Waals surface area contributed by atoms with Crippen molar-refractivity contribution in [3.63, 3.8) is 0 Å². The molecule has 3 amide bonds. The molecule has 0 saturated carbocycles. The highest BCUT2D eigenvalue weighted by molar-refractivity contribution is 6.05. The summed E-state index contributed by atoms with van der Waals surface area (Å²) in [7, 11) is 0. The van der Waals surface area contributed by atoms with E-state index in [1.54, 1.807) is 0 Å². The lowest BCUT2D eigenvalue weighted by molar-refractivity contribution is -0.174. The second-order valence-corrected chi connectivity index (χ2v) is 3.28. The van der Waals surface area contributed by atoms with Gasteiger partial charge in [0.15, 0.2) is 6.10 Å². The molecule has 100 valence electrons. The highest BCUT2D eigenvalue weighted by Gasteiger charge is 2.39. The minimum absolute atomic E-state index is 0.391. The normalized spacial score (nSPS) is 19.4. The predicted molar refractivity (Wildman–Crippen MR) is 46.7 cm³/mol. The van der Waals surface area contributed by atoms with Gasteiger partial charge in [-0.2, -0.15) is 13.2 Å². The lowest BCUT2D eigenvalue weighted by atomic mass is 10.3. The van der Waals surface area contributed by atoms with Crippen LogP contribution < -0.4 is 10.6 Å². The number of hydrogen-bond acceptors (Lipinski definition) is 5. The number of nitrogens with one attached hydrogen (secondary N) is 2. The number of rotatable bonds is 3. The first-order chi connectivity index (χ1) is 8.20. The molecule has 0 aromatic carbocycles. The van der Waals surface area contributed by atoms with E-state index in [9.17, 15) is 32.3 Å². The first-order valence-electron chi connectivity index (χ1n) is 4.58. The fourth-order valence-corrected chi connectivity index (χ4v) is 1.08. The van der Waals surface area contributed by atoms with Gasteiger partial charge >= 0.3 is 18.1 Å². The van der Waals surface area contributed by atoms with E-state index in [1.807, 2.05) is 5.32 Å². The minimum atomic E-state index is -5.11. The average molecular weight is 268 g/mol. The maximum Gasteiger partial charge on any atom is 0.471 e. The molecule has 1 heterocycles. The topological polar surface area (TPSA) is 102 Å². The number of imide groups is 1. The second kappa shape index (κ2) is 5.02.